The van der Waals surface area contributed by atoms with Gasteiger partial charge in [0.2, 0.25) is 0 Å². The van der Waals surface area contributed by atoms with Crippen LogP contribution in [0.2, 0.25) is 0 Å². The van der Waals surface area contributed by atoms with Gasteiger partial charge >= 0.3 is 0 Å². The van der Waals surface area contributed by atoms with Crippen molar-refractivity contribution in [1.29, 1.82) is 5.26 Å². The van der Waals surface area contributed by atoms with E-state index in [9.17, 15) is 10.1 Å². The average molecular weight is 437 g/mol. The summed E-state index contributed by atoms with van der Waals surface area (Å²) in [5, 5.41) is 16.5. The second-order valence-electron chi connectivity index (χ2n) is 6.59. The summed E-state index contributed by atoms with van der Waals surface area (Å²) in [7, 11) is 0. The fourth-order valence-electron chi connectivity index (χ4n) is 2.94. The molecule has 0 aliphatic rings. The van der Waals surface area contributed by atoms with E-state index in [0.29, 0.717) is 36.5 Å². The summed E-state index contributed by atoms with van der Waals surface area (Å²) in [5.74, 6) is 0.473. The average Bonchev–Trinajstić information content (AvgIpc) is 2.70. The Kier molecular flexibility index (Phi) is 6.27. The zero-order chi connectivity index (χ0) is 20.1. The van der Waals surface area contributed by atoms with Gasteiger partial charge in [-0.15, -0.1) is 0 Å². The molecule has 28 heavy (non-hydrogen) atoms. The quantitative estimate of drug-likeness (QED) is 0.548. The smallest absolute Gasteiger partial charge is 0.252 e. The first-order valence-electron chi connectivity index (χ1n) is 9.09. The minimum Gasteiger partial charge on any atom is -0.369 e. The summed E-state index contributed by atoms with van der Waals surface area (Å²) >= 11 is 3.38. The third-order valence-electron chi connectivity index (χ3n) is 4.68. The van der Waals surface area contributed by atoms with Crippen LogP contribution in [0.5, 0.6) is 0 Å². The van der Waals surface area contributed by atoms with Crippen molar-refractivity contribution in [3.8, 4) is 6.07 Å². The summed E-state index contributed by atoms with van der Waals surface area (Å²) < 4.78 is 0.773. The molecular weight excluding hydrogens is 416 g/mol. The molecule has 2 N–H and O–H groups in total. The van der Waals surface area contributed by atoms with Crippen LogP contribution < -0.4 is 10.6 Å². The van der Waals surface area contributed by atoms with Crippen LogP contribution >= 0.6 is 15.9 Å². The summed E-state index contributed by atoms with van der Waals surface area (Å²) in [6.45, 7) is 5.22. The van der Waals surface area contributed by atoms with Gasteiger partial charge in [0.25, 0.3) is 5.91 Å². The highest BCUT2D eigenvalue weighted by Gasteiger charge is 2.10. The number of halogens is 1. The lowest BCUT2D eigenvalue weighted by molar-refractivity contribution is 0.0953. The topological polar surface area (TPSA) is 77.8 Å². The van der Waals surface area contributed by atoms with Crippen molar-refractivity contribution >= 4 is 38.6 Å². The predicted molar refractivity (Wildman–Crippen MR) is 116 cm³/mol. The number of pyridine rings is 1. The molecule has 6 heteroatoms. The minimum atomic E-state index is -0.111. The lowest BCUT2D eigenvalue weighted by Crippen LogP contribution is -2.26. The maximum Gasteiger partial charge on any atom is 0.252 e. The molecule has 1 aromatic heterocycles. The molecular formula is C22H21BrN4O. The summed E-state index contributed by atoms with van der Waals surface area (Å²) in [4.78, 5) is 16.9. The van der Waals surface area contributed by atoms with Gasteiger partial charge in [-0.25, -0.2) is 4.98 Å². The Labute approximate surface area is 172 Å². The summed E-state index contributed by atoms with van der Waals surface area (Å²) in [6, 6.07) is 15.4. The number of carbonyl (C=O) groups excluding carboxylic acids is 1. The van der Waals surface area contributed by atoms with Gasteiger partial charge in [0, 0.05) is 22.9 Å². The first kappa shape index (κ1) is 19.8. The molecule has 3 aromatic rings. The Morgan fingerprint density at radius 1 is 1.18 bits per heavy atom. The number of nitrogens with one attached hydrogen (secondary N) is 2. The Hall–Kier alpha value is -2.91. The zero-order valence-electron chi connectivity index (χ0n) is 15.8. The van der Waals surface area contributed by atoms with E-state index in [4.69, 9.17) is 0 Å². The first-order chi connectivity index (χ1) is 13.5. The molecule has 0 spiro atoms. The van der Waals surface area contributed by atoms with Crippen molar-refractivity contribution in [2.24, 2.45) is 0 Å². The highest BCUT2D eigenvalue weighted by atomic mass is 79.9. The fraction of sp³-hybridized carbons (Fsp3) is 0.227. The first-order valence-corrected chi connectivity index (χ1v) is 9.88. The van der Waals surface area contributed by atoms with E-state index in [0.717, 1.165) is 20.9 Å². The number of anilines is 1. The minimum absolute atomic E-state index is 0.111. The van der Waals surface area contributed by atoms with Gasteiger partial charge in [-0.2, -0.15) is 5.26 Å². The normalized spacial score (nSPS) is 10.5. The number of nitrogens with zero attached hydrogens (tertiary/aromatic N) is 2. The van der Waals surface area contributed by atoms with Gasteiger partial charge in [-0.3, -0.25) is 4.79 Å². The molecule has 0 aliphatic heterocycles. The standard InChI is InChI=1S/C22H21BrN4O/c1-14-8-9-16-12-17(13-24)21(27-20(16)15(14)2)25-10-5-11-26-22(28)18-6-3-4-7-19(18)23/h3-4,6-9,12H,5,10-11H2,1-2H3,(H,25,27)(H,26,28). The Bertz CT molecular complexity index is 1070. The van der Waals surface area contributed by atoms with Crippen LogP contribution in [0.25, 0.3) is 10.9 Å². The second-order valence-corrected chi connectivity index (χ2v) is 7.45. The molecule has 0 radical (unpaired) electrons. The molecule has 0 fully saturated rings. The molecule has 0 bridgehead atoms. The molecule has 5 nitrogen and oxygen atoms in total. The molecule has 0 atom stereocenters. The lowest BCUT2D eigenvalue weighted by Gasteiger charge is -2.12. The number of hydrogen-bond donors (Lipinski definition) is 2. The van der Waals surface area contributed by atoms with Crippen molar-refractivity contribution in [2.45, 2.75) is 20.3 Å². The van der Waals surface area contributed by atoms with Crippen LogP contribution in [0.3, 0.4) is 0 Å². The molecule has 2 aromatic carbocycles. The van der Waals surface area contributed by atoms with E-state index >= 15 is 0 Å². The second kappa shape index (κ2) is 8.85. The molecule has 142 valence electrons. The van der Waals surface area contributed by atoms with E-state index in [2.05, 4.69) is 44.5 Å². The van der Waals surface area contributed by atoms with Crippen LogP contribution in [0.15, 0.2) is 46.9 Å². The monoisotopic (exact) mass is 436 g/mol. The van der Waals surface area contributed by atoms with Crippen LogP contribution in [-0.2, 0) is 0 Å². The summed E-state index contributed by atoms with van der Waals surface area (Å²) in [6.07, 6.45) is 0.716. The summed E-state index contributed by atoms with van der Waals surface area (Å²) in [5.41, 5.74) is 4.33. The van der Waals surface area contributed by atoms with Crippen LogP contribution in [0, 0.1) is 25.2 Å². The fourth-order valence-corrected chi connectivity index (χ4v) is 3.41. The number of carbonyl (C=O) groups is 1. The number of nitriles is 1. The molecule has 1 amide bonds. The van der Waals surface area contributed by atoms with Crippen molar-refractivity contribution in [3.05, 3.63) is 69.2 Å². The maximum atomic E-state index is 12.2. The Morgan fingerprint density at radius 2 is 1.96 bits per heavy atom. The van der Waals surface area contributed by atoms with E-state index in [1.165, 1.54) is 5.56 Å². The van der Waals surface area contributed by atoms with Crippen LogP contribution in [0.4, 0.5) is 5.82 Å². The van der Waals surface area contributed by atoms with Gasteiger partial charge in [0.05, 0.1) is 16.6 Å². The molecule has 0 saturated carbocycles. The number of fused-ring (bicyclic) bond motifs is 1. The molecule has 0 aliphatic carbocycles. The number of hydrogen-bond acceptors (Lipinski definition) is 4. The van der Waals surface area contributed by atoms with E-state index < -0.39 is 0 Å². The number of aromatic nitrogens is 1. The number of amides is 1. The number of rotatable bonds is 6. The maximum absolute atomic E-state index is 12.2. The Morgan fingerprint density at radius 3 is 2.71 bits per heavy atom. The molecule has 1 heterocycles. The van der Waals surface area contributed by atoms with Crippen LogP contribution in [-0.4, -0.2) is 24.0 Å². The zero-order valence-corrected chi connectivity index (χ0v) is 17.4. The van der Waals surface area contributed by atoms with Gasteiger partial charge in [0.15, 0.2) is 0 Å². The van der Waals surface area contributed by atoms with Gasteiger partial charge in [0.1, 0.15) is 11.9 Å². The number of aryl methyl sites for hydroxylation is 2. The van der Waals surface area contributed by atoms with Gasteiger partial charge in [-0.05, 0) is 65.5 Å². The molecule has 0 saturated heterocycles. The molecule has 3 rings (SSSR count). The van der Waals surface area contributed by atoms with Gasteiger partial charge in [-0.1, -0.05) is 24.3 Å². The Balaban J connectivity index is 1.61. The van der Waals surface area contributed by atoms with E-state index in [1.807, 2.05) is 43.3 Å². The highest BCUT2D eigenvalue weighted by molar-refractivity contribution is 9.10. The number of benzene rings is 2. The van der Waals surface area contributed by atoms with Crippen molar-refractivity contribution in [1.82, 2.24) is 10.3 Å². The largest absolute Gasteiger partial charge is 0.369 e. The van der Waals surface area contributed by atoms with Gasteiger partial charge < -0.3 is 10.6 Å². The van der Waals surface area contributed by atoms with E-state index in [1.54, 1.807) is 6.07 Å². The van der Waals surface area contributed by atoms with E-state index in [-0.39, 0.29) is 5.91 Å². The SMILES string of the molecule is Cc1ccc2cc(C#N)c(NCCCNC(=O)c3ccccc3Br)nc2c1C. The lowest BCUT2D eigenvalue weighted by atomic mass is 10.0. The third-order valence-corrected chi connectivity index (χ3v) is 5.37. The van der Waals surface area contributed by atoms with Crippen LogP contribution in [0.1, 0.15) is 33.5 Å². The third kappa shape index (κ3) is 4.32. The predicted octanol–water partition coefficient (Wildman–Crippen LogP) is 4.72. The highest BCUT2D eigenvalue weighted by Crippen LogP contribution is 2.24. The molecule has 0 unspecified atom stereocenters. The van der Waals surface area contributed by atoms with Crippen molar-refractivity contribution in [3.63, 3.8) is 0 Å². The van der Waals surface area contributed by atoms with Crippen molar-refractivity contribution in [2.75, 3.05) is 18.4 Å². The van der Waals surface area contributed by atoms with Crippen molar-refractivity contribution < 1.29 is 4.79 Å².